The minimum Gasteiger partial charge on any atom is -0.325 e. The summed E-state index contributed by atoms with van der Waals surface area (Å²) in [5.74, 6) is -0.593. The average Bonchev–Trinajstić information content (AvgIpc) is 2.47. The molecule has 0 saturated heterocycles. The fraction of sp³-hybridized carbons (Fsp3) is 0.316. The number of carbonyl (C=O) groups excluding carboxylic acids is 1. The molecule has 6 heteroatoms. The second-order valence-corrected chi connectivity index (χ2v) is 8.66. The van der Waals surface area contributed by atoms with Gasteiger partial charge in [-0.2, -0.15) is 0 Å². The Bertz CT molecular complexity index is 933. The highest BCUT2D eigenvalue weighted by molar-refractivity contribution is 7.90. The summed E-state index contributed by atoms with van der Waals surface area (Å²) in [7, 11) is -3.36. The molecule has 4 nitrogen and oxygen atoms in total. The van der Waals surface area contributed by atoms with E-state index in [1.54, 1.807) is 25.1 Å². The van der Waals surface area contributed by atoms with E-state index >= 15 is 0 Å². The van der Waals surface area contributed by atoms with Gasteiger partial charge in [0.25, 0.3) is 0 Å². The minimum absolute atomic E-state index is 0.154. The normalized spacial score (nSPS) is 16.1. The van der Waals surface area contributed by atoms with Crippen molar-refractivity contribution >= 4 is 21.4 Å². The highest BCUT2D eigenvalue weighted by Gasteiger charge is 2.45. The Balaban J connectivity index is 1.94. The largest absolute Gasteiger partial charge is 0.325 e. The van der Waals surface area contributed by atoms with E-state index in [1.807, 2.05) is 0 Å². The second-order valence-electron chi connectivity index (χ2n) is 6.65. The van der Waals surface area contributed by atoms with Gasteiger partial charge in [0.2, 0.25) is 5.91 Å². The lowest BCUT2D eigenvalue weighted by molar-refractivity contribution is -0.124. The van der Waals surface area contributed by atoms with Gasteiger partial charge in [-0.25, -0.2) is 12.8 Å². The molecule has 0 spiro atoms. The topological polar surface area (TPSA) is 63.2 Å². The number of halogens is 1. The van der Waals surface area contributed by atoms with E-state index in [-0.39, 0.29) is 16.6 Å². The van der Waals surface area contributed by atoms with Crippen molar-refractivity contribution in [1.82, 2.24) is 0 Å². The van der Waals surface area contributed by atoms with Gasteiger partial charge in [-0.3, -0.25) is 4.79 Å². The Kier molecular flexibility index (Phi) is 4.41. The van der Waals surface area contributed by atoms with Gasteiger partial charge < -0.3 is 5.32 Å². The Hall–Kier alpha value is -2.21. The number of anilines is 1. The maximum Gasteiger partial charge on any atom is 0.235 e. The van der Waals surface area contributed by atoms with Crippen molar-refractivity contribution in [3.05, 3.63) is 59.4 Å². The van der Waals surface area contributed by atoms with Gasteiger partial charge in [-0.15, -0.1) is 0 Å². The van der Waals surface area contributed by atoms with E-state index in [0.717, 1.165) is 18.2 Å². The zero-order valence-corrected chi connectivity index (χ0v) is 15.0. The van der Waals surface area contributed by atoms with Crippen molar-refractivity contribution in [3.63, 3.8) is 0 Å². The van der Waals surface area contributed by atoms with Crippen LogP contribution in [0.2, 0.25) is 0 Å². The number of hydrogen-bond donors (Lipinski definition) is 1. The van der Waals surface area contributed by atoms with Crippen LogP contribution >= 0.6 is 0 Å². The number of hydrogen-bond acceptors (Lipinski definition) is 3. The van der Waals surface area contributed by atoms with Crippen LogP contribution in [-0.2, 0) is 20.0 Å². The van der Waals surface area contributed by atoms with Crippen LogP contribution in [0.5, 0.6) is 0 Å². The molecular formula is C19H20FNO3S. The third-order valence-corrected chi connectivity index (χ3v) is 6.01. The third-order valence-electron chi connectivity index (χ3n) is 4.90. The van der Waals surface area contributed by atoms with Crippen molar-refractivity contribution in [2.24, 2.45) is 0 Å². The highest BCUT2D eigenvalue weighted by Crippen LogP contribution is 2.45. The summed E-state index contributed by atoms with van der Waals surface area (Å²) in [4.78, 5) is 13.1. The molecule has 0 bridgehead atoms. The lowest BCUT2D eigenvalue weighted by Crippen LogP contribution is -2.46. The van der Waals surface area contributed by atoms with Crippen molar-refractivity contribution in [2.45, 2.75) is 36.5 Å². The summed E-state index contributed by atoms with van der Waals surface area (Å²) in [5.41, 5.74) is 1.15. The van der Waals surface area contributed by atoms with E-state index in [1.165, 1.54) is 24.3 Å². The molecule has 0 aliphatic heterocycles. The lowest BCUT2D eigenvalue weighted by atomic mass is 9.63. The smallest absolute Gasteiger partial charge is 0.235 e. The summed E-state index contributed by atoms with van der Waals surface area (Å²) in [5, 5.41) is 2.86. The number of benzene rings is 2. The van der Waals surface area contributed by atoms with Crippen LogP contribution in [0.1, 0.15) is 30.4 Å². The fourth-order valence-corrected chi connectivity index (χ4v) is 3.82. The average molecular weight is 361 g/mol. The first-order valence-corrected chi connectivity index (χ1v) is 10.00. The van der Waals surface area contributed by atoms with E-state index in [4.69, 9.17) is 0 Å². The van der Waals surface area contributed by atoms with E-state index in [2.05, 4.69) is 5.32 Å². The van der Waals surface area contributed by atoms with Crippen LogP contribution in [0.4, 0.5) is 10.1 Å². The molecule has 1 fully saturated rings. The molecule has 0 radical (unpaired) electrons. The summed E-state index contributed by atoms with van der Waals surface area (Å²) >= 11 is 0. The van der Waals surface area contributed by atoms with Crippen molar-refractivity contribution in [1.29, 1.82) is 0 Å². The van der Waals surface area contributed by atoms with Crippen molar-refractivity contribution in [3.8, 4) is 0 Å². The molecule has 1 aliphatic rings. The van der Waals surface area contributed by atoms with Gasteiger partial charge in [-0.1, -0.05) is 24.6 Å². The lowest BCUT2D eigenvalue weighted by Gasteiger charge is -2.40. The molecule has 0 aromatic heterocycles. The SMILES string of the molecule is Cc1ccc(S(C)(=O)=O)cc1NC(=O)C1(c2cccc(F)c2)CCC1. The van der Waals surface area contributed by atoms with Crippen LogP contribution in [0.25, 0.3) is 0 Å². The van der Waals surface area contributed by atoms with Gasteiger partial charge in [0.15, 0.2) is 9.84 Å². The number of amides is 1. The Morgan fingerprint density at radius 2 is 1.88 bits per heavy atom. The van der Waals surface area contributed by atoms with E-state index in [9.17, 15) is 17.6 Å². The summed E-state index contributed by atoms with van der Waals surface area (Å²) < 4.78 is 37.1. The molecule has 1 N–H and O–H groups in total. The van der Waals surface area contributed by atoms with E-state index < -0.39 is 15.3 Å². The molecule has 0 heterocycles. The standard InChI is InChI=1S/C19H20FNO3S/c1-13-7-8-16(25(2,23)24)12-17(13)21-18(22)19(9-4-10-19)14-5-3-6-15(20)11-14/h3,5-8,11-12H,4,9-10H2,1-2H3,(H,21,22). The number of rotatable bonds is 4. The number of carbonyl (C=O) groups is 1. The molecule has 3 rings (SSSR count). The molecule has 1 saturated carbocycles. The summed E-state index contributed by atoms with van der Waals surface area (Å²) in [6.45, 7) is 1.80. The molecule has 1 amide bonds. The first kappa shape index (κ1) is 17.6. The molecule has 0 unspecified atom stereocenters. The first-order valence-electron chi connectivity index (χ1n) is 8.11. The fourth-order valence-electron chi connectivity index (χ4n) is 3.17. The zero-order valence-electron chi connectivity index (χ0n) is 14.2. The Morgan fingerprint density at radius 3 is 2.44 bits per heavy atom. The molecule has 2 aromatic carbocycles. The maximum atomic E-state index is 13.6. The van der Waals surface area contributed by atoms with Gasteiger partial charge >= 0.3 is 0 Å². The van der Waals surface area contributed by atoms with Crippen LogP contribution in [0, 0.1) is 12.7 Å². The molecule has 132 valence electrons. The first-order chi connectivity index (χ1) is 11.7. The van der Waals surface area contributed by atoms with Gasteiger partial charge in [0, 0.05) is 11.9 Å². The second kappa shape index (κ2) is 6.26. The van der Waals surface area contributed by atoms with Gasteiger partial charge in [-0.05, 0) is 55.2 Å². The quantitative estimate of drug-likeness (QED) is 0.905. The maximum absolute atomic E-state index is 13.6. The van der Waals surface area contributed by atoms with Crippen LogP contribution in [0.3, 0.4) is 0 Å². The predicted octanol–water partition coefficient (Wildman–Crippen LogP) is 3.60. The minimum atomic E-state index is -3.36. The van der Waals surface area contributed by atoms with E-state index in [0.29, 0.717) is 24.1 Å². The van der Waals surface area contributed by atoms with Crippen LogP contribution in [-0.4, -0.2) is 20.6 Å². The third kappa shape index (κ3) is 3.31. The predicted molar refractivity (Wildman–Crippen MR) is 94.8 cm³/mol. The molecule has 1 aliphatic carbocycles. The number of aryl methyl sites for hydroxylation is 1. The molecule has 0 atom stereocenters. The number of nitrogens with one attached hydrogen (secondary N) is 1. The Morgan fingerprint density at radius 1 is 1.16 bits per heavy atom. The monoisotopic (exact) mass is 361 g/mol. The van der Waals surface area contributed by atoms with Gasteiger partial charge in [0.1, 0.15) is 5.82 Å². The summed E-state index contributed by atoms with van der Waals surface area (Å²) in [6, 6.07) is 10.8. The zero-order chi connectivity index (χ0) is 18.2. The number of sulfone groups is 1. The van der Waals surface area contributed by atoms with Crippen LogP contribution < -0.4 is 5.32 Å². The van der Waals surface area contributed by atoms with Gasteiger partial charge in [0.05, 0.1) is 10.3 Å². The molecule has 2 aromatic rings. The van der Waals surface area contributed by atoms with Crippen molar-refractivity contribution in [2.75, 3.05) is 11.6 Å². The van der Waals surface area contributed by atoms with Crippen molar-refractivity contribution < 1.29 is 17.6 Å². The summed E-state index contributed by atoms with van der Waals surface area (Å²) in [6.07, 6.45) is 3.32. The molecule has 25 heavy (non-hydrogen) atoms. The molecular weight excluding hydrogens is 341 g/mol. The Labute approximate surface area is 147 Å². The highest BCUT2D eigenvalue weighted by atomic mass is 32.2. The van der Waals surface area contributed by atoms with Crippen LogP contribution in [0.15, 0.2) is 47.4 Å².